The number of hydrogen-bond donors (Lipinski definition) is 0. The van der Waals surface area contributed by atoms with Crippen molar-refractivity contribution in [1.29, 1.82) is 0 Å². The molecule has 0 bridgehead atoms. The number of ether oxygens (including phenoxy) is 2. The third kappa shape index (κ3) is 9.89. The number of halogens is 1. The summed E-state index contributed by atoms with van der Waals surface area (Å²) in [5, 5.41) is 0. The molecular weight excluding hydrogens is 480 g/mol. The Balaban J connectivity index is 2.07. The van der Waals surface area contributed by atoms with Crippen LogP contribution in [0, 0.1) is 11.3 Å². The summed E-state index contributed by atoms with van der Waals surface area (Å²) in [5.41, 5.74) is 5.04. The van der Waals surface area contributed by atoms with E-state index in [1.807, 2.05) is 6.08 Å². The first kappa shape index (κ1) is 30.4. The second kappa shape index (κ2) is 14.8. The highest BCUT2D eigenvalue weighted by molar-refractivity contribution is 6.17. The predicted octanol–water partition coefficient (Wildman–Crippen LogP) is 8.88. The van der Waals surface area contributed by atoms with Crippen molar-refractivity contribution in [3.8, 4) is 0 Å². The van der Waals surface area contributed by atoms with Gasteiger partial charge in [0.25, 0.3) is 0 Å². The van der Waals surface area contributed by atoms with Gasteiger partial charge in [0.1, 0.15) is 13.2 Å². The van der Waals surface area contributed by atoms with Gasteiger partial charge in [-0.05, 0) is 66.7 Å². The van der Waals surface area contributed by atoms with E-state index in [0.717, 1.165) is 42.6 Å². The largest absolute Gasteiger partial charge is 0.494 e. The highest BCUT2D eigenvalue weighted by atomic mass is 35.5. The third-order valence-corrected chi connectivity index (χ3v) is 7.35. The number of esters is 1. The second-order valence-electron chi connectivity index (χ2n) is 10.5. The van der Waals surface area contributed by atoms with Crippen LogP contribution < -0.4 is 0 Å². The fraction of sp³-hybridized carbons (Fsp3) is 0.424. The quantitative estimate of drug-likeness (QED) is 0.0725. The van der Waals surface area contributed by atoms with Gasteiger partial charge in [-0.2, -0.15) is 0 Å². The Morgan fingerprint density at radius 2 is 1.59 bits per heavy atom. The summed E-state index contributed by atoms with van der Waals surface area (Å²) in [6.45, 7) is 20.7. The molecule has 2 rings (SSSR count). The Hall–Kier alpha value is -2.78. The van der Waals surface area contributed by atoms with Gasteiger partial charge in [0.15, 0.2) is 0 Å². The minimum absolute atomic E-state index is 0.176. The summed E-state index contributed by atoms with van der Waals surface area (Å²) in [6.07, 6.45) is 5.73. The second-order valence-corrected chi connectivity index (χ2v) is 10.8. The number of alkyl halides is 1. The molecule has 0 heterocycles. The smallest absolute Gasteiger partial charge is 0.333 e. The Morgan fingerprint density at radius 1 is 1.00 bits per heavy atom. The molecule has 0 aliphatic rings. The summed E-state index contributed by atoms with van der Waals surface area (Å²) in [6, 6.07) is 17.1. The zero-order chi connectivity index (χ0) is 27.4. The average molecular weight is 523 g/mol. The Morgan fingerprint density at radius 3 is 2.16 bits per heavy atom. The molecule has 37 heavy (non-hydrogen) atoms. The summed E-state index contributed by atoms with van der Waals surface area (Å²) in [7, 11) is 0. The van der Waals surface area contributed by atoms with E-state index in [0.29, 0.717) is 23.3 Å². The van der Waals surface area contributed by atoms with Gasteiger partial charge >= 0.3 is 5.97 Å². The molecule has 0 aromatic heterocycles. The average Bonchev–Trinajstić information content (AvgIpc) is 2.89. The van der Waals surface area contributed by atoms with Crippen molar-refractivity contribution in [1.82, 2.24) is 0 Å². The zero-order valence-corrected chi connectivity index (χ0v) is 23.8. The maximum atomic E-state index is 11.7. The third-order valence-electron chi connectivity index (χ3n) is 7.05. The van der Waals surface area contributed by atoms with Crippen LogP contribution in [0.3, 0.4) is 0 Å². The van der Waals surface area contributed by atoms with E-state index < -0.39 is 5.97 Å². The lowest BCUT2D eigenvalue weighted by molar-refractivity contribution is -0.140. The van der Waals surface area contributed by atoms with Gasteiger partial charge < -0.3 is 9.47 Å². The van der Waals surface area contributed by atoms with E-state index in [2.05, 4.69) is 89.0 Å². The minimum atomic E-state index is -0.401. The van der Waals surface area contributed by atoms with Crippen molar-refractivity contribution in [2.75, 3.05) is 13.2 Å². The van der Waals surface area contributed by atoms with E-state index >= 15 is 0 Å². The molecule has 0 saturated heterocycles. The van der Waals surface area contributed by atoms with Crippen LogP contribution in [0.15, 0.2) is 79.6 Å². The van der Waals surface area contributed by atoms with Crippen LogP contribution in [0.2, 0.25) is 0 Å². The van der Waals surface area contributed by atoms with Crippen molar-refractivity contribution >= 4 is 23.6 Å². The standard InChI is InChI=1S/C33H43ClO3/c1-8-28-9-11-29(12-10-28)21-25(4)22-33(7,27(6)36-19-20-37-32(35)24(2)3)18-17-26(5)31-15-13-30(23-34)14-16-31/h8-16,25-26H,1-2,6,17-23H2,3-5,7H3. The molecule has 0 radical (unpaired) electrons. The highest BCUT2D eigenvalue weighted by Gasteiger charge is 2.32. The van der Waals surface area contributed by atoms with Gasteiger partial charge in [-0.1, -0.05) is 95.1 Å². The van der Waals surface area contributed by atoms with Crippen molar-refractivity contribution in [2.45, 2.75) is 65.2 Å². The molecule has 2 aromatic carbocycles. The molecule has 3 unspecified atom stereocenters. The molecule has 0 spiro atoms. The Labute approximate surface area is 229 Å². The maximum Gasteiger partial charge on any atom is 0.333 e. The summed E-state index contributed by atoms with van der Waals surface area (Å²) >= 11 is 5.96. The summed E-state index contributed by atoms with van der Waals surface area (Å²) < 4.78 is 11.3. The minimum Gasteiger partial charge on any atom is -0.494 e. The van der Waals surface area contributed by atoms with Gasteiger partial charge in [0.05, 0.1) is 5.76 Å². The first-order valence-corrected chi connectivity index (χ1v) is 13.6. The number of carbonyl (C=O) groups is 1. The van der Waals surface area contributed by atoms with Gasteiger partial charge in [-0.25, -0.2) is 4.79 Å². The van der Waals surface area contributed by atoms with Crippen molar-refractivity contribution in [3.05, 3.63) is 102 Å². The lowest BCUT2D eigenvalue weighted by Crippen LogP contribution is -2.26. The van der Waals surface area contributed by atoms with Gasteiger partial charge in [-0.3, -0.25) is 0 Å². The van der Waals surface area contributed by atoms with Gasteiger partial charge in [-0.15, -0.1) is 11.6 Å². The number of rotatable bonds is 16. The molecule has 0 saturated carbocycles. The van der Waals surface area contributed by atoms with Crippen molar-refractivity contribution in [3.63, 3.8) is 0 Å². The molecule has 0 N–H and O–H groups in total. The lowest BCUT2D eigenvalue weighted by Gasteiger charge is -2.35. The lowest BCUT2D eigenvalue weighted by atomic mass is 9.73. The van der Waals surface area contributed by atoms with Crippen LogP contribution >= 0.6 is 11.6 Å². The molecular formula is C33H43ClO3. The monoisotopic (exact) mass is 522 g/mol. The number of hydrogen-bond acceptors (Lipinski definition) is 3. The van der Waals surface area contributed by atoms with E-state index in [9.17, 15) is 4.79 Å². The van der Waals surface area contributed by atoms with E-state index in [4.69, 9.17) is 21.1 Å². The summed E-state index contributed by atoms with van der Waals surface area (Å²) in [4.78, 5) is 11.7. The first-order chi connectivity index (χ1) is 17.6. The molecule has 0 aliphatic carbocycles. The number of benzene rings is 2. The molecule has 3 nitrogen and oxygen atoms in total. The molecule has 3 atom stereocenters. The fourth-order valence-electron chi connectivity index (χ4n) is 4.62. The topological polar surface area (TPSA) is 35.5 Å². The number of allylic oxidation sites excluding steroid dienone is 1. The molecule has 200 valence electrons. The normalized spacial score (nSPS) is 14.2. The van der Waals surface area contributed by atoms with E-state index in [1.54, 1.807) is 6.92 Å². The van der Waals surface area contributed by atoms with Crippen LogP contribution in [0.5, 0.6) is 0 Å². The van der Waals surface area contributed by atoms with Gasteiger partial charge in [0.2, 0.25) is 0 Å². The van der Waals surface area contributed by atoms with Crippen LogP contribution in [0.1, 0.15) is 75.1 Å². The van der Waals surface area contributed by atoms with E-state index in [-0.39, 0.29) is 18.6 Å². The van der Waals surface area contributed by atoms with Crippen LogP contribution in [0.25, 0.3) is 6.08 Å². The SMILES string of the molecule is C=Cc1ccc(CC(C)CC(C)(CCC(C)c2ccc(CCl)cc2)C(=C)OCCOC(=O)C(=C)C)cc1. The Bertz CT molecular complexity index is 1040. The molecule has 4 heteroatoms. The Kier molecular flexibility index (Phi) is 12.2. The molecule has 0 aliphatic heterocycles. The van der Waals surface area contributed by atoms with Crippen LogP contribution in [-0.2, 0) is 26.6 Å². The van der Waals surface area contributed by atoms with Crippen molar-refractivity contribution < 1.29 is 14.3 Å². The fourth-order valence-corrected chi connectivity index (χ4v) is 4.80. The zero-order valence-electron chi connectivity index (χ0n) is 23.0. The molecule has 2 aromatic rings. The first-order valence-electron chi connectivity index (χ1n) is 13.1. The van der Waals surface area contributed by atoms with E-state index in [1.165, 1.54) is 11.1 Å². The van der Waals surface area contributed by atoms with Crippen LogP contribution in [-0.4, -0.2) is 19.2 Å². The van der Waals surface area contributed by atoms with Gasteiger partial charge in [0, 0.05) is 16.9 Å². The highest BCUT2D eigenvalue weighted by Crippen LogP contribution is 2.41. The number of carbonyl (C=O) groups excluding carboxylic acids is 1. The summed E-state index contributed by atoms with van der Waals surface area (Å²) in [5.74, 6) is 1.70. The van der Waals surface area contributed by atoms with Crippen molar-refractivity contribution in [2.24, 2.45) is 11.3 Å². The van der Waals surface area contributed by atoms with Crippen LogP contribution in [0.4, 0.5) is 0 Å². The predicted molar refractivity (Wildman–Crippen MR) is 157 cm³/mol. The molecule has 0 amide bonds. The maximum absolute atomic E-state index is 11.7. The molecule has 0 fully saturated rings.